The van der Waals surface area contributed by atoms with Crippen LogP contribution in [0.15, 0.2) is 67.0 Å². The number of fused-ring (bicyclic) bond motifs is 2. The van der Waals surface area contributed by atoms with Crippen molar-refractivity contribution in [2.24, 2.45) is 0 Å². The fourth-order valence-electron chi connectivity index (χ4n) is 3.55. The minimum absolute atomic E-state index is 0.201. The van der Waals surface area contributed by atoms with Crippen LogP contribution in [0.4, 0.5) is 4.39 Å². The van der Waals surface area contributed by atoms with Crippen molar-refractivity contribution in [1.29, 1.82) is 0 Å². The number of rotatable bonds is 6. The second-order valence-corrected chi connectivity index (χ2v) is 7.09. The Hall–Kier alpha value is -4.20. The summed E-state index contributed by atoms with van der Waals surface area (Å²) in [5.41, 5.74) is 2.99. The van der Waals surface area contributed by atoms with Gasteiger partial charge in [0.1, 0.15) is 18.1 Å². The molecular formula is C24H19FN4O3. The molecule has 0 amide bonds. The molecule has 2 aromatic carbocycles. The van der Waals surface area contributed by atoms with Crippen molar-refractivity contribution in [3.05, 3.63) is 78.6 Å². The van der Waals surface area contributed by atoms with Crippen LogP contribution in [0.5, 0.6) is 17.2 Å². The molecule has 0 saturated carbocycles. The van der Waals surface area contributed by atoms with Crippen LogP contribution in [0.2, 0.25) is 0 Å². The fraction of sp³-hybridized carbons (Fsp3) is 0.125. The summed E-state index contributed by atoms with van der Waals surface area (Å²) in [6, 6.07) is 16.0. The number of hydrogen-bond acceptors (Lipinski definition) is 6. The van der Waals surface area contributed by atoms with Crippen molar-refractivity contribution in [1.82, 2.24) is 19.6 Å². The molecule has 0 aliphatic carbocycles. The van der Waals surface area contributed by atoms with E-state index < -0.39 is 5.82 Å². The SMILES string of the molecule is COc1ccc2c(OCc3nnc4ccc(-c5ccc(OC)c(F)c5)cn34)ccnc2c1. The molecule has 0 atom stereocenters. The van der Waals surface area contributed by atoms with E-state index in [0.29, 0.717) is 17.2 Å². The van der Waals surface area contributed by atoms with E-state index in [1.807, 2.05) is 47.0 Å². The lowest BCUT2D eigenvalue weighted by Gasteiger charge is -2.10. The quantitative estimate of drug-likeness (QED) is 0.390. The lowest BCUT2D eigenvalue weighted by molar-refractivity contribution is 0.298. The molecule has 3 aromatic heterocycles. The van der Waals surface area contributed by atoms with E-state index in [0.717, 1.165) is 27.8 Å². The van der Waals surface area contributed by atoms with Gasteiger partial charge in [-0.05, 0) is 53.6 Å². The van der Waals surface area contributed by atoms with Gasteiger partial charge >= 0.3 is 0 Å². The predicted octanol–water partition coefficient (Wildman–Crippen LogP) is 4.68. The Morgan fingerprint density at radius 2 is 1.75 bits per heavy atom. The summed E-state index contributed by atoms with van der Waals surface area (Å²) in [4.78, 5) is 4.38. The maximum absolute atomic E-state index is 14.2. The monoisotopic (exact) mass is 430 g/mol. The third kappa shape index (κ3) is 3.56. The van der Waals surface area contributed by atoms with Crippen LogP contribution < -0.4 is 14.2 Å². The Morgan fingerprint density at radius 3 is 2.56 bits per heavy atom. The van der Waals surface area contributed by atoms with Crippen molar-refractivity contribution >= 4 is 16.6 Å². The Morgan fingerprint density at radius 1 is 0.875 bits per heavy atom. The second-order valence-electron chi connectivity index (χ2n) is 7.09. The van der Waals surface area contributed by atoms with Gasteiger partial charge in [-0.25, -0.2) is 4.39 Å². The van der Waals surface area contributed by atoms with Gasteiger partial charge in [0.2, 0.25) is 0 Å². The molecule has 7 nitrogen and oxygen atoms in total. The van der Waals surface area contributed by atoms with Crippen molar-refractivity contribution in [2.75, 3.05) is 14.2 Å². The molecule has 0 bridgehead atoms. The first-order valence-corrected chi connectivity index (χ1v) is 9.89. The normalized spacial score (nSPS) is 11.1. The zero-order valence-corrected chi connectivity index (χ0v) is 17.4. The first-order valence-electron chi connectivity index (χ1n) is 9.89. The summed E-state index contributed by atoms with van der Waals surface area (Å²) in [5.74, 6) is 1.82. The van der Waals surface area contributed by atoms with Gasteiger partial charge in [0.15, 0.2) is 23.0 Å². The molecular weight excluding hydrogens is 411 g/mol. The van der Waals surface area contributed by atoms with Crippen molar-refractivity contribution < 1.29 is 18.6 Å². The van der Waals surface area contributed by atoms with Crippen LogP contribution in [0.1, 0.15) is 5.82 Å². The predicted molar refractivity (Wildman–Crippen MR) is 118 cm³/mol. The Balaban J connectivity index is 1.45. The molecule has 0 N–H and O–H groups in total. The number of aromatic nitrogens is 4. The summed E-state index contributed by atoms with van der Waals surface area (Å²) >= 11 is 0. The van der Waals surface area contributed by atoms with Crippen LogP contribution in [0.25, 0.3) is 27.7 Å². The maximum atomic E-state index is 14.2. The van der Waals surface area contributed by atoms with Gasteiger partial charge in [0.25, 0.3) is 0 Å². The van der Waals surface area contributed by atoms with E-state index in [4.69, 9.17) is 14.2 Å². The third-order valence-electron chi connectivity index (χ3n) is 5.22. The molecule has 5 aromatic rings. The average molecular weight is 430 g/mol. The Bertz CT molecular complexity index is 1430. The molecule has 0 aliphatic heterocycles. The molecule has 0 spiro atoms. The zero-order valence-electron chi connectivity index (χ0n) is 17.4. The van der Waals surface area contributed by atoms with E-state index in [9.17, 15) is 4.39 Å². The van der Waals surface area contributed by atoms with Crippen molar-refractivity contribution in [2.45, 2.75) is 6.61 Å². The summed E-state index contributed by atoms with van der Waals surface area (Å²) in [6.45, 7) is 0.201. The van der Waals surface area contributed by atoms with Gasteiger partial charge in [-0.15, -0.1) is 10.2 Å². The van der Waals surface area contributed by atoms with Crippen LogP contribution in [-0.4, -0.2) is 33.8 Å². The van der Waals surface area contributed by atoms with Crippen LogP contribution in [0, 0.1) is 5.82 Å². The van der Waals surface area contributed by atoms with Crippen LogP contribution in [-0.2, 0) is 6.61 Å². The van der Waals surface area contributed by atoms with Crippen molar-refractivity contribution in [3.8, 4) is 28.4 Å². The number of hydrogen-bond donors (Lipinski definition) is 0. The number of ether oxygens (including phenoxy) is 3. The molecule has 0 saturated heterocycles. The maximum Gasteiger partial charge on any atom is 0.175 e. The lowest BCUT2D eigenvalue weighted by Crippen LogP contribution is -2.02. The average Bonchev–Trinajstić information content (AvgIpc) is 3.24. The molecule has 5 rings (SSSR count). The number of methoxy groups -OCH3 is 2. The van der Waals surface area contributed by atoms with Crippen LogP contribution >= 0.6 is 0 Å². The van der Waals surface area contributed by atoms with Gasteiger partial charge < -0.3 is 14.2 Å². The van der Waals surface area contributed by atoms with E-state index >= 15 is 0 Å². The molecule has 0 unspecified atom stereocenters. The number of benzene rings is 2. The molecule has 160 valence electrons. The van der Waals surface area contributed by atoms with Gasteiger partial charge in [0, 0.05) is 23.8 Å². The van der Waals surface area contributed by atoms with Gasteiger partial charge in [0.05, 0.1) is 19.7 Å². The number of pyridine rings is 2. The first-order chi connectivity index (χ1) is 15.7. The Labute approximate surface area is 183 Å². The van der Waals surface area contributed by atoms with E-state index in [1.165, 1.54) is 13.2 Å². The first kappa shape index (κ1) is 19.7. The molecule has 3 heterocycles. The minimum Gasteiger partial charge on any atom is -0.497 e. The zero-order chi connectivity index (χ0) is 22.1. The van der Waals surface area contributed by atoms with Gasteiger partial charge in [-0.2, -0.15) is 0 Å². The molecule has 8 heteroatoms. The fourth-order valence-corrected chi connectivity index (χ4v) is 3.55. The van der Waals surface area contributed by atoms with Crippen LogP contribution in [0.3, 0.4) is 0 Å². The molecule has 0 radical (unpaired) electrons. The summed E-state index contributed by atoms with van der Waals surface area (Å²) in [7, 11) is 3.06. The van der Waals surface area contributed by atoms with E-state index in [2.05, 4.69) is 15.2 Å². The molecule has 0 aliphatic rings. The highest BCUT2D eigenvalue weighted by Crippen LogP contribution is 2.28. The highest BCUT2D eigenvalue weighted by atomic mass is 19.1. The van der Waals surface area contributed by atoms with E-state index in [1.54, 1.807) is 25.4 Å². The number of halogens is 1. The lowest BCUT2D eigenvalue weighted by atomic mass is 10.1. The summed E-state index contributed by atoms with van der Waals surface area (Å²) in [5, 5.41) is 9.33. The summed E-state index contributed by atoms with van der Waals surface area (Å²) < 4.78 is 32.3. The Kier molecular flexibility index (Phi) is 5.03. The number of nitrogens with zero attached hydrogens (tertiary/aromatic N) is 4. The topological polar surface area (TPSA) is 70.8 Å². The largest absolute Gasteiger partial charge is 0.497 e. The van der Waals surface area contributed by atoms with Gasteiger partial charge in [-0.3, -0.25) is 9.38 Å². The smallest absolute Gasteiger partial charge is 0.175 e. The third-order valence-corrected chi connectivity index (χ3v) is 5.22. The van der Waals surface area contributed by atoms with Crippen molar-refractivity contribution in [3.63, 3.8) is 0 Å². The minimum atomic E-state index is -0.418. The second kappa shape index (κ2) is 8.14. The molecule has 0 fully saturated rings. The highest BCUT2D eigenvalue weighted by molar-refractivity contribution is 5.85. The summed E-state index contributed by atoms with van der Waals surface area (Å²) in [6.07, 6.45) is 3.56. The standard InChI is InChI=1S/C24H19FN4O3/c1-30-17-5-6-18-20(12-17)26-10-9-21(18)32-14-24-28-27-23-8-4-16(13-29(23)24)15-3-7-22(31-2)19(25)11-15/h3-13H,14H2,1-2H3. The van der Waals surface area contributed by atoms with Gasteiger partial charge in [-0.1, -0.05) is 6.07 Å². The van der Waals surface area contributed by atoms with E-state index in [-0.39, 0.29) is 12.4 Å². The highest BCUT2D eigenvalue weighted by Gasteiger charge is 2.11. The molecule has 32 heavy (non-hydrogen) atoms.